The number of nitrogens with one attached hydrogen (secondary N) is 2. The highest BCUT2D eigenvalue weighted by molar-refractivity contribution is 9.10. The van der Waals surface area contributed by atoms with Crippen LogP contribution in [0.1, 0.15) is 30.5 Å². The number of pyridine rings is 1. The second-order valence-electron chi connectivity index (χ2n) is 8.86. The van der Waals surface area contributed by atoms with Crippen LogP contribution in [0.5, 0.6) is 0 Å². The summed E-state index contributed by atoms with van der Waals surface area (Å²) < 4.78 is 0.947. The molecule has 3 rings (SSSR count). The molecule has 36 heavy (non-hydrogen) atoms. The van der Waals surface area contributed by atoms with E-state index in [0.717, 1.165) is 21.5 Å². The van der Waals surface area contributed by atoms with Gasteiger partial charge in [0.2, 0.25) is 17.7 Å². The van der Waals surface area contributed by atoms with Crippen LogP contribution in [0.3, 0.4) is 0 Å². The summed E-state index contributed by atoms with van der Waals surface area (Å²) in [6.45, 7) is 8.43. The molecule has 0 spiro atoms. The van der Waals surface area contributed by atoms with Gasteiger partial charge < -0.3 is 20.4 Å². The number of rotatable bonds is 11. The molecule has 0 radical (unpaired) electrons. The van der Waals surface area contributed by atoms with Crippen molar-refractivity contribution < 1.29 is 14.4 Å². The van der Waals surface area contributed by atoms with E-state index in [1.54, 1.807) is 0 Å². The number of piperazine rings is 1. The van der Waals surface area contributed by atoms with Crippen molar-refractivity contribution in [3.8, 4) is 0 Å². The summed E-state index contributed by atoms with van der Waals surface area (Å²) in [7, 11) is 0. The van der Waals surface area contributed by atoms with Gasteiger partial charge in [0.05, 0.1) is 6.42 Å². The van der Waals surface area contributed by atoms with Crippen LogP contribution in [-0.2, 0) is 20.8 Å². The first-order chi connectivity index (χ1) is 17.4. The number of nitrogens with zero attached hydrogens (tertiary/aromatic N) is 3. The van der Waals surface area contributed by atoms with Gasteiger partial charge in [-0.05, 0) is 62.1 Å². The lowest BCUT2D eigenvalue weighted by molar-refractivity contribution is -0.136. The highest BCUT2D eigenvalue weighted by Gasteiger charge is 2.28. The number of carbonyl (C=O) groups is 3. The van der Waals surface area contributed by atoms with E-state index >= 15 is 0 Å². The SMILES string of the molecule is C=CC(=O)NCCCCC(NC(=O)Cc1ccc(Br)cc1)C(=O)N1CCN(c2cccc(C)n2)CC1. The number of halogens is 1. The summed E-state index contributed by atoms with van der Waals surface area (Å²) >= 11 is 3.40. The molecule has 1 aliphatic rings. The molecule has 192 valence electrons. The Bertz CT molecular complexity index is 1050. The number of anilines is 1. The number of benzene rings is 1. The molecule has 2 N–H and O–H groups in total. The molecule has 1 saturated heterocycles. The average molecular weight is 557 g/mol. The maximum absolute atomic E-state index is 13.4. The molecule has 8 nitrogen and oxygen atoms in total. The average Bonchev–Trinajstić information content (AvgIpc) is 2.88. The van der Waals surface area contributed by atoms with Gasteiger partial charge in [-0.15, -0.1) is 0 Å². The maximum Gasteiger partial charge on any atom is 0.245 e. The molecular formula is C27H34BrN5O3. The topological polar surface area (TPSA) is 94.6 Å². The Hall–Kier alpha value is -3.20. The zero-order chi connectivity index (χ0) is 25.9. The number of hydrogen-bond donors (Lipinski definition) is 2. The largest absolute Gasteiger partial charge is 0.353 e. The van der Waals surface area contributed by atoms with E-state index in [9.17, 15) is 14.4 Å². The Morgan fingerprint density at radius 1 is 1.08 bits per heavy atom. The van der Waals surface area contributed by atoms with Gasteiger partial charge in [-0.2, -0.15) is 0 Å². The Morgan fingerprint density at radius 2 is 1.81 bits per heavy atom. The van der Waals surface area contributed by atoms with E-state index < -0.39 is 6.04 Å². The van der Waals surface area contributed by atoms with Gasteiger partial charge >= 0.3 is 0 Å². The molecule has 1 fully saturated rings. The van der Waals surface area contributed by atoms with Crippen LogP contribution in [0.4, 0.5) is 5.82 Å². The number of hydrogen-bond acceptors (Lipinski definition) is 5. The van der Waals surface area contributed by atoms with Crippen LogP contribution in [-0.4, -0.2) is 66.4 Å². The van der Waals surface area contributed by atoms with Crippen molar-refractivity contribution in [2.75, 3.05) is 37.6 Å². The lowest BCUT2D eigenvalue weighted by Crippen LogP contribution is -2.55. The molecular weight excluding hydrogens is 522 g/mol. The van der Waals surface area contributed by atoms with Crippen LogP contribution in [0.25, 0.3) is 0 Å². The number of amides is 3. The first-order valence-corrected chi connectivity index (χ1v) is 13.1. The molecule has 0 aliphatic carbocycles. The zero-order valence-corrected chi connectivity index (χ0v) is 22.3. The molecule has 1 aromatic carbocycles. The molecule has 1 atom stereocenters. The fourth-order valence-corrected chi connectivity index (χ4v) is 4.39. The monoisotopic (exact) mass is 555 g/mol. The van der Waals surface area contributed by atoms with Gasteiger partial charge in [0.15, 0.2) is 0 Å². The summed E-state index contributed by atoms with van der Waals surface area (Å²) in [6, 6.07) is 12.9. The first-order valence-electron chi connectivity index (χ1n) is 12.3. The van der Waals surface area contributed by atoms with Crippen molar-refractivity contribution in [3.05, 3.63) is 70.8 Å². The fourth-order valence-electron chi connectivity index (χ4n) is 4.13. The van der Waals surface area contributed by atoms with E-state index in [4.69, 9.17) is 0 Å². The zero-order valence-electron chi connectivity index (χ0n) is 20.7. The minimum Gasteiger partial charge on any atom is -0.353 e. The smallest absolute Gasteiger partial charge is 0.245 e. The Balaban J connectivity index is 1.58. The summed E-state index contributed by atoms with van der Waals surface area (Å²) in [5, 5.41) is 5.71. The second kappa shape index (κ2) is 13.8. The van der Waals surface area contributed by atoms with E-state index in [1.165, 1.54) is 6.08 Å². The van der Waals surface area contributed by atoms with Crippen LogP contribution < -0.4 is 15.5 Å². The van der Waals surface area contributed by atoms with Crippen molar-refractivity contribution in [2.24, 2.45) is 0 Å². The molecule has 3 amide bonds. The van der Waals surface area contributed by atoms with Crippen LogP contribution in [0.2, 0.25) is 0 Å². The molecule has 2 aromatic rings. The van der Waals surface area contributed by atoms with E-state index in [1.807, 2.05) is 54.3 Å². The van der Waals surface area contributed by atoms with Gasteiger partial charge in [0.1, 0.15) is 11.9 Å². The van der Waals surface area contributed by atoms with Crippen LogP contribution in [0, 0.1) is 6.92 Å². The normalized spacial score (nSPS) is 14.2. The molecule has 1 aromatic heterocycles. The summed E-state index contributed by atoms with van der Waals surface area (Å²) in [5.74, 6) is 0.457. The Labute approximate surface area is 221 Å². The predicted molar refractivity (Wildman–Crippen MR) is 145 cm³/mol. The van der Waals surface area contributed by atoms with E-state index in [2.05, 4.69) is 43.0 Å². The van der Waals surface area contributed by atoms with Gasteiger partial charge in [-0.3, -0.25) is 14.4 Å². The molecule has 9 heteroatoms. The third kappa shape index (κ3) is 8.48. The van der Waals surface area contributed by atoms with Crippen LogP contribution >= 0.6 is 15.9 Å². The first kappa shape index (κ1) is 27.4. The minimum atomic E-state index is -0.605. The highest BCUT2D eigenvalue weighted by atomic mass is 79.9. The Kier molecular flexibility index (Phi) is 10.5. The van der Waals surface area contributed by atoms with Crippen molar-refractivity contribution >= 4 is 39.5 Å². The summed E-state index contributed by atoms with van der Waals surface area (Å²) in [5.41, 5.74) is 1.84. The number of aryl methyl sites for hydroxylation is 1. The predicted octanol–water partition coefficient (Wildman–Crippen LogP) is 3.00. The third-order valence-corrected chi connectivity index (χ3v) is 6.63. The summed E-state index contributed by atoms with van der Waals surface area (Å²) in [4.78, 5) is 46.2. The molecule has 0 saturated carbocycles. The van der Waals surface area contributed by atoms with Crippen molar-refractivity contribution in [3.63, 3.8) is 0 Å². The molecule has 2 heterocycles. The lowest BCUT2D eigenvalue weighted by Gasteiger charge is -2.37. The standard InChI is InChI=1S/C27H34BrN5O3/c1-3-25(34)29-14-5-4-8-23(31-26(35)19-21-10-12-22(28)13-11-21)27(36)33-17-15-32(16-18-33)24-9-6-7-20(2)30-24/h3,6-7,9-13,23H,1,4-5,8,14-19H2,2H3,(H,29,34)(H,31,35). The number of aromatic nitrogens is 1. The van der Waals surface area contributed by atoms with Crippen molar-refractivity contribution in [1.82, 2.24) is 20.5 Å². The van der Waals surface area contributed by atoms with Gasteiger partial charge in [-0.25, -0.2) is 4.98 Å². The van der Waals surface area contributed by atoms with Gasteiger partial charge in [0, 0.05) is 42.9 Å². The summed E-state index contributed by atoms with van der Waals surface area (Å²) in [6.07, 6.45) is 3.35. The number of unbranched alkanes of at least 4 members (excludes halogenated alkanes) is 1. The second-order valence-corrected chi connectivity index (χ2v) is 9.78. The maximum atomic E-state index is 13.4. The molecule has 1 unspecified atom stereocenters. The third-order valence-electron chi connectivity index (χ3n) is 6.10. The van der Waals surface area contributed by atoms with Crippen molar-refractivity contribution in [1.29, 1.82) is 0 Å². The van der Waals surface area contributed by atoms with Gasteiger partial charge in [-0.1, -0.05) is 40.7 Å². The quantitative estimate of drug-likeness (QED) is 0.328. The minimum absolute atomic E-state index is 0.0638. The van der Waals surface area contributed by atoms with E-state index in [-0.39, 0.29) is 24.1 Å². The molecule has 1 aliphatic heterocycles. The fraction of sp³-hybridized carbons (Fsp3) is 0.407. The lowest BCUT2D eigenvalue weighted by atomic mass is 10.1. The van der Waals surface area contributed by atoms with E-state index in [0.29, 0.717) is 52.0 Å². The van der Waals surface area contributed by atoms with Crippen LogP contribution in [0.15, 0.2) is 59.6 Å². The number of carbonyl (C=O) groups excluding carboxylic acids is 3. The Morgan fingerprint density at radius 3 is 2.47 bits per heavy atom. The molecule has 0 bridgehead atoms. The van der Waals surface area contributed by atoms with Gasteiger partial charge in [0.25, 0.3) is 0 Å². The highest BCUT2D eigenvalue weighted by Crippen LogP contribution is 2.16. The van der Waals surface area contributed by atoms with Crippen molar-refractivity contribution in [2.45, 2.75) is 38.6 Å².